The van der Waals surface area contributed by atoms with E-state index in [1.165, 1.54) is 11.1 Å². The average Bonchev–Trinajstić information content (AvgIpc) is 3.01. The maximum atomic E-state index is 4.60. The molecule has 0 aliphatic rings. The number of hydrogen-bond donors (Lipinski definition) is 0. The van der Waals surface area contributed by atoms with Gasteiger partial charge in [-0.05, 0) is 23.3 Å². The van der Waals surface area contributed by atoms with E-state index in [9.17, 15) is 0 Å². The molecule has 0 atom stereocenters. The van der Waals surface area contributed by atoms with Crippen LogP contribution in [0.4, 0.5) is 0 Å². The molecule has 0 spiro atoms. The summed E-state index contributed by atoms with van der Waals surface area (Å²) in [6.07, 6.45) is 8.32. The Labute approximate surface area is 132 Å². The lowest BCUT2D eigenvalue weighted by Crippen LogP contribution is -1.73. The van der Waals surface area contributed by atoms with Gasteiger partial charge in [-0.25, -0.2) is 0 Å². The molecular formula is C18H14NS2+. The van der Waals surface area contributed by atoms with E-state index in [2.05, 4.69) is 53.6 Å². The van der Waals surface area contributed by atoms with Crippen molar-refractivity contribution >= 4 is 45.0 Å². The third-order valence-corrected chi connectivity index (χ3v) is 5.02. The number of aromatic nitrogens is 1. The van der Waals surface area contributed by atoms with Crippen LogP contribution in [0.1, 0.15) is 21.1 Å². The highest BCUT2D eigenvalue weighted by atomic mass is 32.9. The lowest BCUT2D eigenvalue weighted by Gasteiger charge is -1.88. The summed E-state index contributed by atoms with van der Waals surface area (Å²) in [5, 5.41) is 2.08. The van der Waals surface area contributed by atoms with Crippen LogP contribution >= 0.6 is 20.7 Å². The molecule has 0 aliphatic carbocycles. The summed E-state index contributed by atoms with van der Waals surface area (Å²) in [6.45, 7) is 0. The molecule has 3 heteroatoms. The van der Waals surface area contributed by atoms with Gasteiger partial charge in [0, 0.05) is 6.08 Å². The van der Waals surface area contributed by atoms with Gasteiger partial charge in [0.05, 0.1) is 0 Å². The van der Waals surface area contributed by atoms with Crippen molar-refractivity contribution in [3.63, 3.8) is 0 Å². The summed E-state index contributed by atoms with van der Waals surface area (Å²) in [5.74, 6) is 0. The van der Waals surface area contributed by atoms with Gasteiger partial charge >= 0.3 is 15.3 Å². The zero-order valence-corrected chi connectivity index (χ0v) is 13.0. The van der Waals surface area contributed by atoms with Crippen LogP contribution in [0.5, 0.6) is 0 Å². The maximum absolute atomic E-state index is 4.60. The van der Waals surface area contributed by atoms with E-state index >= 15 is 0 Å². The van der Waals surface area contributed by atoms with Gasteiger partial charge in [-0.2, -0.15) is 4.98 Å². The molecule has 0 N–H and O–H groups in total. The highest BCUT2D eigenvalue weighted by molar-refractivity contribution is 7.69. The second kappa shape index (κ2) is 7.07. The number of hydrogen-bond acceptors (Lipinski definition) is 2. The molecule has 3 rings (SSSR count). The Balaban J connectivity index is 1.69. The van der Waals surface area contributed by atoms with Gasteiger partial charge in [0.15, 0.2) is 15.3 Å². The van der Waals surface area contributed by atoms with Gasteiger partial charge in [0.1, 0.15) is 0 Å². The van der Waals surface area contributed by atoms with Gasteiger partial charge in [-0.3, -0.25) is 0 Å². The predicted molar refractivity (Wildman–Crippen MR) is 95.1 cm³/mol. The van der Waals surface area contributed by atoms with Crippen molar-refractivity contribution in [3.8, 4) is 0 Å². The van der Waals surface area contributed by atoms with E-state index < -0.39 is 0 Å². The first-order valence-corrected chi connectivity index (χ1v) is 8.81. The van der Waals surface area contributed by atoms with E-state index in [-0.39, 0.29) is 0 Å². The monoisotopic (exact) mass is 308 g/mol. The minimum Gasteiger partial charge on any atom is -0.177 e. The average molecular weight is 308 g/mol. The largest absolute Gasteiger partial charge is 0.341 e. The summed E-state index contributed by atoms with van der Waals surface area (Å²) >= 11 is 0. The van der Waals surface area contributed by atoms with Crippen LogP contribution < -0.4 is 0 Å². The molecule has 21 heavy (non-hydrogen) atoms. The fourth-order valence-electron chi connectivity index (χ4n) is 1.82. The quantitative estimate of drug-likeness (QED) is 0.437. The molecule has 0 saturated carbocycles. The first kappa shape index (κ1) is 13.9. The number of benzene rings is 2. The maximum Gasteiger partial charge on any atom is 0.341 e. The molecule has 2 aromatic carbocycles. The minimum absolute atomic E-state index is 1.04. The Morgan fingerprint density at radius 1 is 0.714 bits per heavy atom. The van der Waals surface area contributed by atoms with Gasteiger partial charge in [0.2, 0.25) is 0 Å². The molecule has 1 aromatic heterocycles. The third-order valence-electron chi connectivity index (χ3n) is 2.87. The normalized spacial score (nSPS) is 11.4. The van der Waals surface area contributed by atoms with Gasteiger partial charge < -0.3 is 0 Å². The standard InChI is InChI=1S/C18H14NS2/c1-3-7-15(8-4-1)11-13-17-19-18(21-20-17)14-12-16-9-5-2-6-10-16/h1-14H/q+1/b13-11+,14-12+. The summed E-state index contributed by atoms with van der Waals surface area (Å²) in [7, 11) is 3.39. The molecule has 102 valence electrons. The van der Waals surface area contributed by atoms with Crippen molar-refractivity contribution in [2.24, 2.45) is 0 Å². The highest BCUT2D eigenvalue weighted by Gasteiger charge is 2.10. The SMILES string of the molecule is C(=C\c1nc(/C=C/c2ccccc2)[s+]s1)/c1ccccc1. The van der Waals surface area contributed by atoms with Crippen LogP contribution in [0.25, 0.3) is 24.3 Å². The number of nitrogens with zero attached hydrogens (tertiary/aromatic N) is 1. The molecule has 0 fully saturated rings. The Bertz CT molecular complexity index is 679. The van der Waals surface area contributed by atoms with Gasteiger partial charge in [0.25, 0.3) is 0 Å². The van der Waals surface area contributed by atoms with Crippen molar-refractivity contribution in [2.75, 3.05) is 0 Å². The van der Waals surface area contributed by atoms with Gasteiger partial charge in [-0.1, -0.05) is 66.7 Å². The van der Waals surface area contributed by atoms with Crippen molar-refractivity contribution in [2.45, 2.75) is 0 Å². The predicted octanol–water partition coefficient (Wildman–Crippen LogP) is 5.83. The summed E-state index contributed by atoms with van der Waals surface area (Å²) in [6, 6.07) is 20.6. The zero-order chi connectivity index (χ0) is 14.3. The minimum atomic E-state index is 1.04. The molecule has 1 heterocycles. The van der Waals surface area contributed by atoms with Crippen molar-refractivity contribution < 1.29 is 0 Å². The summed E-state index contributed by atoms with van der Waals surface area (Å²) < 4.78 is 0. The van der Waals surface area contributed by atoms with Crippen LogP contribution in [0.3, 0.4) is 0 Å². The van der Waals surface area contributed by atoms with Crippen LogP contribution in [-0.4, -0.2) is 4.98 Å². The van der Waals surface area contributed by atoms with Crippen molar-refractivity contribution in [1.29, 1.82) is 0 Å². The van der Waals surface area contributed by atoms with E-state index in [0.717, 1.165) is 10.0 Å². The van der Waals surface area contributed by atoms with Crippen molar-refractivity contribution in [3.05, 3.63) is 81.8 Å². The molecule has 1 nitrogen and oxygen atoms in total. The molecule has 0 unspecified atom stereocenters. The summed E-state index contributed by atoms with van der Waals surface area (Å²) in [4.78, 5) is 4.60. The number of rotatable bonds is 4. The van der Waals surface area contributed by atoms with Crippen LogP contribution in [0, 0.1) is 0 Å². The third kappa shape index (κ3) is 4.18. The fraction of sp³-hybridized carbons (Fsp3) is 0. The fourth-order valence-corrected chi connectivity index (χ4v) is 3.64. The smallest absolute Gasteiger partial charge is 0.177 e. The molecule has 0 saturated heterocycles. The molecule has 0 amide bonds. The topological polar surface area (TPSA) is 12.9 Å². The lowest BCUT2D eigenvalue weighted by molar-refractivity contribution is 1.39. The van der Waals surface area contributed by atoms with E-state index in [1.807, 2.05) is 36.4 Å². The second-order valence-corrected chi connectivity index (χ2v) is 6.61. The summed E-state index contributed by atoms with van der Waals surface area (Å²) in [5.41, 5.74) is 2.39. The van der Waals surface area contributed by atoms with E-state index in [4.69, 9.17) is 0 Å². The highest BCUT2D eigenvalue weighted by Crippen LogP contribution is 2.21. The van der Waals surface area contributed by atoms with Crippen LogP contribution in [0.2, 0.25) is 0 Å². The van der Waals surface area contributed by atoms with E-state index in [0.29, 0.717) is 0 Å². The Kier molecular flexibility index (Phi) is 4.66. The molecular weight excluding hydrogens is 294 g/mol. The Morgan fingerprint density at radius 2 is 1.29 bits per heavy atom. The molecule has 0 aliphatic heterocycles. The first-order chi connectivity index (χ1) is 10.4. The zero-order valence-electron chi connectivity index (χ0n) is 11.3. The Morgan fingerprint density at radius 3 is 1.90 bits per heavy atom. The van der Waals surface area contributed by atoms with Crippen molar-refractivity contribution in [1.82, 2.24) is 4.98 Å². The van der Waals surface area contributed by atoms with Crippen LogP contribution in [-0.2, 0) is 0 Å². The Hall–Kier alpha value is -2.10. The van der Waals surface area contributed by atoms with Crippen LogP contribution in [0.15, 0.2) is 60.7 Å². The molecule has 0 radical (unpaired) electrons. The van der Waals surface area contributed by atoms with E-state index in [1.54, 1.807) is 20.7 Å². The first-order valence-electron chi connectivity index (χ1n) is 6.66. The molecule has 3 aromatic rings. The lowest BCUT2D eigenvalue weighted by atomic mass is 10.2. The van der Waals surface area contributed by atoms with Gasteiger partial charge in [-0.15, -0.1) is 0 Å². The second-order valence-electron chi connectivity index (χ2n) is 4.44. The molecule has 0 bridgehead atoms.